The third-order valence-electron chi connectivity index (χ3n) is 3.18. The first-order chi connectivity index (χ1) is 11.1. The molecule has 0 saturated carbocycles. The van der Waals surface area contributed by atoms with Crippen molar-refractivity contribution >= 4 is 11.7 Å². The highest BCUT2D eigenvalue weighted by molar-refractivity contribution is 5.85. The van der Waals surface area contributed by atoms with Gasteiger partial charge in [0.15, 0.2) is 0 Å². The molecule has 23 heavy (non-hydrogen) atoms. The number of esters is 1. The van der Waals surface area contributed by atoms with E-state index < -0.39 is 5.97 Å². The van der Waals surface area contributed by atoms with Crippen molar-refractivity contribution in [1.29, 1.82) is 0 Å². The molecule has 0 amide bonds. The van der Waals surface area contributed by atoms with Crippen LogP contribution in [0.4, 0.5) is 0 Å². The zero-order chi connectivity index (χ0) is 16.4. The second-order valence-corrected chi connectivity index (χ2v) is 4.61. The zero-order valence-corrected chi connectivity index (χ0v) is 12.6. The molecule has 2 aromatic heterocycles. The minimum atomic E-state index is -0.642. The Balaban J connectivity index is 2.14. The van der Waals surface area contributed by atoms with Crippen LogP contribution >= 0.6 is 0 Å². The van der Waals surface area contributed by atoms with Crippen molar-refractivity contribution in [2.24, 2.45) is 0 Å². The first kappa shape index (κ1) is 14.8. The normalized spacial score (nSPS) is 10.7. The summed E-state index contributed by atoms with van der Waals surface area (Å²) in [4.78, 5) is 32.3. The second-order valence-electron chi connectivity index (χ2n) is 4.61. The lowest BCUT2D eigenvalue weighted by molar-refractivity contribution is 0.0512. The van der Waals surface area contributed by atoms with Crippen LogP contribution in [0.5, 0.6) is 5.75 Å². The number of aromatic nitrogens is 4. The summed E-state index contributed by atoms with van der Waals surface area (Å²) in [6.45, 7) is 1.90. The van der Waals surface area contributed by atoms with Crippen molar-refractivity contribution in [3.8, 4) is 17.0 Å². The SMILES string of the molecule is CCOC(=O)c1nc2nc(-c3ccccc3OC)cc(=O)n2[nH]1. The van der Waals surface area contributed by atoms with E-state index in [0.717, 1.165) is 4.52 Å². The van der Waals surface area contributed by atoms with Gasteiger partial charge in [0, 0.05) is 11.6 Å². The summed E-state index contributed by atoms with van der Waals surface area (Å²) in [7, 11) is 1.54. The Bertz CT molecular complexity index is 929. The first-order valence-corrected chi connectivity index (χ1v) is 6.94. The van der Waals surface area contributed by atoms with Gasteiger partial charge in [-0.3, -0.25) is 9.89 Å². The Kier molecular flexibility index (Phi) is 3.80. The number of H-pyrrole nitrogens is 1. The van der Waals surface area contributed by atoms with Gasteiger partial charge < -0.3 is 9.47 Å². The molecule has 8 nitrogen and oxygen atoms in total. The molecule has 0 aliphatic carbocycles. The molecule has 8 heteroatoms. The molecule has 0 unspecified atom stereocenters. The fourth-order valence-corrected chi connectivity index (χ4v) is 2.17. The van der Waals surface area contributed by atoms with Crippen LogP contribution in [0.2, 0.25) is 0 Å². The molecule has 0 atom stereocenters. The van der Waals surface area contributed by atoms with Gasteiger partial charge in [-0.1, -0.05) is 12.1 Å². The number of carbonyl (C=O) groups excluding carboxylic acids is 1. The largest absolute Gasteiger partial charge is 0.496 e. The van der Waals surface area contributed by atoms with Gasteiger partial charge >= 0.3 is 5.97 Å². The van der Waals surface area contributed by atoms with E-state index in [0.29, 0.717) is 17.0 Å². The predicted octanol–water partition coefficient (Wildman–Crippen LogP) is 1.27. The van der Waals surface area contributed by atoms with Gasteiger partial charge in [-0.25, -0.2) is 9.78 Å². The number of hydrogen-bond donors (Lipinski definition) is 1. The molecule has 0 fully saturated rings. The van der Waals surface area contributed by atoms with Crippen LogP contribution in [0.25, 0.3) is 17.0 Å². The molecule has 118 valence electrons. The molecule has 0 radical (unpaired) electrons. The lowest BCUT2D eigenvalue weighted by Crippen LogP contribution is -2.15. The summed E-state index contributed by atoms with van der Waals surface area (Å²) in [6.07, 6.45) is 0. The maximum Gasteiger partial charge on any atom is 0.375 e. The molecular formula is C15H14N4O4. The third-order valence-corrected chi connectivity index (χ3v) is 3.18. The van der Waals surface area contributed by atoms with Crippen molar-refractivity contribution < 1.29 is 14.3 Å². The summed E-state index contributed by atoms with van der Waals surface area (Å²) in [5, 5.41) is 2.58. The van der Waals surface area contributed by atoms with Crippen LogP contribution < -0.4 is 10.3 Å². The molecule has 0 saturated heterocycles. The molecule has 0 bridgehead atoms. The third kappa shape index (κ3) is 2.66. The van der Waals surface area contributed by atoms with Crippen LogP contribution in [0, 0.1) is 0 Å². The van der Waals surface area contributed by atoms with Crippen LogP contribution in [-0.4, -0.2) is 39.3 Å². The molecule has 2 heterocycles. The molecule has 3 rings (SSSR count). The number of nitrogens with one attached hydrogen (secondary N) is 1. The Morgan fingerprint density at radius 1 is 1.30 bits per heavy atom. The summed E-state index contributed by atoms with van der Waals surface area (Å²) in [6, 6.07) is 8.54. The average molecular weight is 314 g/mol. The summed E-state index contributed by atoms with van der Waals surface area (Å²) >= 11 is 0. The van der Waals surface area contributed by atoms with E-state index in [1.165, 1.54) is 13.2 Å². The van der Waals surface area contributed by atoms with E-state index in [4.69, 9.17) is 9.47 Å². The molecule has 3 aromatic rings. The van der Waals surface area contributed by atoms with Crippen molar-refractivity contribution in [3.05, 3.63) is 46.5 Å². The van der Waals surface area contributed by atoms with Gasteiger partial charge in [0.05, 0.1) is 19.4 Å². The van der Waals surface area contributed by atoms with Crippen molar-refractivity contribution in [1.82, 2.24) is 19.6 Å². The highest BCUT2D eigenvalue weighted by Crippen LogP contribution is 2.27. The van der Waals surface area contributed by atoms with Gasteiger partial charge in [-0.15, -0.1) is 0 Å². The summed E-state index contributed by atoms with van der Waals surface area (Å²) < 4.78 is 11.2. The maximum atomic E-state index is 12.2. The van der Waals surface area contributed by atoms with Gasteiger partial charge in [0.1, 0.15) is 5.75 Å². The van der Waals surface area contributed by atoms with E-state index >= 15 is 0 Å². The Labute approximate surface area is 130 Å². The highest BCUT2D eigenvalue weighted by Gasteiger charge is 2.16. The topological polar surface area (TPSA) is 98.6 Å². The number of methoxy groups -OCH3 is 1. The number of rotatable bonds is 4. The molecule has 1 N–H and O–H groups in total. The van der Waals surface area contributed by atoms with Crippen molar-refractivity contribution in [3.63, 3.8) is 0 Å². The van der Waals surface area contributed by atoms with Crippen LogP contribution in [0.1, 0.15) is 17.5 Å². The number of ether oxygens (including phenoxy) is 2. The molecule has 1 aromatic carbocycles. The van der Waals surface area contributed by atoms with Gasteiger partial charge in [-0.05, 0) is 19.1 Å². The number of carbonyl (C=O) groups is 1. The van der Waals surface area contributed by atoms with E-state index in [1.807, 2.05) is 12.1 Å². The fourth-order valence-electron chi connectivity index (χ4n) is 2.17. The molecular weight excluding hydrogens is 300 g/mol. The smallest absolute Gasteiger partial charge is 0.375 e. The summed E-state index contributed by atoms with van der Waals surface area (Å²) in [5.41, 5.74) is 0.684. The number of para-hydroxylation sites is 1. The number of benzene rings is 1. The number of hydrogen-bond acceptors (Lipinski definition) is 6. The number of fused-ring (bicyclic) bond motifs is 1. The Morgan fingerprint density at radius 3 is 2.83 bits per heavy atom. The maximum absolute atomic E-state index is 12.2. The lowest BCUT2D eigenvalue weighted by Gasteiger charge is -2.06. The monoisotopic (exact) mass is 314 g/mol. The lowest BCUT2D eigenvalue weighted by atomic mass is 10.1. The zero-order valence-electron chi connectivity index (χ0n) is 12.6. The number of aromatic amines is 1. The minimum absolute atomic E-state index is 0.0753. The fraction of sp³-hybridized carbons (Fsp3) is 0.200. The summed E-state index contributed by atoms with van der Waals surface area (Å²) in [5.74, 6) is -0.0452. The Morgan fingerprint density at radius 2 is 2.09 bits per heavy atom. The molecule has 0 aliphatic heterocycles. The predicted molar refractivity (Wildman–Crippen MR) is 81.6 cm³/mol. The van der Waals surface area contributed by atoms with Crippen molar-refractivity contribution in [2.75, 3.05) is 13.7 Å². The van der Waals surface area contributed by atoms with E-state index in [-0.39, 0.29) is 23.8 Å². The molecule has 0 spiro atoms. The van der Waals surface area contributed by atoms with Crippen LogP contribution in [0.15, 0.2) is 35.1 Å². The van der Waals surface area contributed by atoms with E-state index in [2.05, 4.69) is 15.1 Å². The first-order valence-electron chi connectivity index (χ1n) is 6.94. The van der Waals surface area contributed by atoms with Gasteiger partial charge in [0.2, 0.25) is 5.82 Å². The number of nitrogens with zero attached hydrogens (tertiary/aromatic N) is 3. The van der Waals surface area contributed by atoms with Crippen LogP contribution in [0.3, 0.4) is 0 Å². The molecule has 0 aliphatic rings. The van der Waals surface area contributed by atoms with Gasteiger partial charge in [0.25, 0.3) is 11.3 Å². The Hall–Kier alpha value is -3.16. The standard InChI is InChI=1S/C15H14N4O4/c1-3-23-14(21)13-17-15-16-10(8-12(20)19(15)18-13)9-6-4-5-7-11(9)22-2/h4-8H,3H2,1-2H3,(H,16,17,18). The van der Waals surface area contributed by atoms with Crippen LogP contribution in [-0.2, 0) is 4.74 Å². The second kappa shape index (κ2) is 5.91. The highest BCUT2D eigenvalue weighted by atomic mass is 16.5. The van der Waals surface area contributed by atoms with E-state index in [1.54, 1.807) is 19.1 Å². The minimum Gasteiger partial charge on any atom is -0.496 e. The van der Waals surface area contributed by atoms with E-state index in [9.17, 15) is 9.59 Å². The van der Waals surface area contributed by atoms with Gasteiger partial charge in [-0.2, -0.15) is 9.50 Å². The van der Waals surface area contributed by atoms with Crippen molar-refractivity contribution in [2.45, 2.75) is 6.92 Å². The quantitative estimate of drug-likeness (QED) is 0.728. The average Bonchev–Trinajstić information content (AvgIpc) is 3.00.